The molecule has 3 heteroatoms. The second-order valence-corrected chi connectivity index (χ2v) is 6.64. The van der Waals surface area contributed by atoms with Crippen LogP contribution in [0.3, 0.4) is 0 Å². The Morgan fingerprint density at radius 1 is 1.19 bits per heavy atom. The Morgan fingerprint density at radius 3 is 2.86 bits per heavy atom. The highest BCUT2D eigenvalue weighted by Crippen LogP contribution is 2.43. The molecule has 1 aliphatic carbocycles. The summed E-state index contributed by atoms with van der Waals surface area (Å²) in [6, 6.07) is 8.26. The van der Waals surface area contributed by atoms with Gasteiger partial charge in [0.15, 0.2) is 0 Å². The highest BCUT2D eigenvalue weighted by atomic mass is 16.5. The zero-order valence-electron chi connectivity index (χ0n) is 12.4. The van der Waals surface area contributed by atoms with Gasteiger partial charge in [0, 0.05) is 23.6 Å². The van der Waals surface area contributed by atoms with Crippen molar-refractivity contribution in [2.75, 3.05) is 0 Å². The summed E-state index contributed by atoms with van der Waals surface area (Å²) in [6.07, 6.45) is 10.1. The Hall–Kier alpha value is -1.32. The van der Waals surface area contributed by atoms with Crippen LogP contribution in [-0.4, -0.2) is 21.4 Å². The lowest BCUT2D eigenvalue weighted by atomic mass is 9.98. The van der Waals surface area contributed by atoms with E-state index in [2.05, 4.69) is 22.9 Å². The van der Waals surface area contributed by atoms with E-state index in [1.54, 1.807) is 0 Å². The number of ether oxygens (including phenoxy) is 1. The van der Waals surface area contributed by atoms with Gasteiger partial charge >= 0.3 is 0 Å². The standard InChI is InChI=1S/C18H23NO2/c20-13-14-4-3-5-17-16(14)7-11-19(17)12-15-6-10-18(21-15)8-1-2-9-18/h3-5,7,11,15,20H,1-2,6,8-10,12-13H2. The molecule has 2 aromatic rings. The molecule has 1 aliphatic heterocycles. The van der Waals surface area contributed by atoms with Crippen molar-refractivity contribution in [3.8, 4) is 0 Å². The highest BCUT2D eigenvalue weighted by molar-refractivity contribution is 5.83. The minimum Gasteiger partial charge on any atom is -0.392 e. The normalized spacial score (nSPS) is 24.3. The molecule has 1 atom stereocenters. The largest absolute Gasteiger partial charge is 0.392 e. The quantitative estimate of drug-likeness (QED) is 0.934. The highest BCUT2D eigenvalue weighted by Gasteiger charge is 2.42. The van der Waals surface area contributed by atoms with E-state index >= 15 is 0 Å². The van der Waals surface area contributed by atoms with Crippen LogP contribution in [0.1, 0.15) is 44.1 Å². The third-order valence-electron chi connectivity index (χ3n) is 5.33. The molecule has 1 saturated heterocycles. The van der Waals surface area contributed by atoms with E-state index in [9.17, 15) is 5.11 Å². The number of nitrogens with zero attached hydrogens (tertiary/aromatic N) is 1. The molecule has 1 N–H and O–H groups in total. The van der Waals surface area contributed by atoms with Gasteiger partial charge in [-0.05, 0) is 43.4 Å². The maximum atomic E-state index is 9.43. The van der Waals surface area contributed by atoms with Crippen molar-refractivity contribution in [1.29, 1.82) is 0 Å². The van der Waals surface area contributed by atoms with Crippen LogP contribution in [0.2, 0.25) is 0 Å². The summed E-state index contributed by atoms with van der Waals surface area (Å²) in [5.41, 5.74) is 2.42. The van der Waals surface area contributed by atoms with Gasteiger partial charge in [0.1, 0.15) is 0 Å². The number of aliphatic hydroxyl groups excluding tert-OH is 1. The number of aliphatic hydroxyl groups is 1. The molecule has 1 aromatic heterocycles. The number of aromatic nitrogens is 1. The molecule has 1 unspecified atom stereocenters. The second-order valence-electron chi connectivity index (χ2n) is 6.64. The van der Waals surface area contributed by atoms with Gasteiger partial charge in [-0.25, -0.2) is 0 Å². The van der Waals surface area contributed by atoms with Crippen molar-refractivity contribution < 1.29 is 9.84 Å². The summed E-state index contributed by atoms with van der Waals surface area (Å²) < 4.78 is 8.70. The molecular formula is C18H23NO2. The first-order valence-corrected chi connectivity index (χ1v) is 8.15. The first kappa shape index (κ1) is 13.4. The first-order valence-electron chi connectivity index (χ1n) is 8.15. The zero-order valence-corrected chi connectivity index (χ0v) is 12.4. The van der Waals surface area contributed by atoms with Gasteiger partial charge in [-0.1, -0.05) is 25.0 Å². The third-order valence-corrected chi connectivity index (χ3v) is 5.33. The molecule has 1 spiro atoms. The fraction of sp³-hybridized carbons (Fsp3) is 0.556. The predicted octanol–water partition coefficient (Wildman–Crippen LogP) is 3.63. The minimum absolute atomic E-state index is 0.102. The Morgan fingerprint density at radius 2 is 2.05 bits per heavy atom. The molecule has 0 radical (unpaired) electrons. The average Bonchev–Trinajstić information content (AvgIpc) is 3.22. The van der Waals surface area contributed by atoms with Crippen molar-refractivity contribution in [3.63, 3.8) is 0 Å². The summed E-state index contributed by atoms with van der Waals surface area (Å²) in [4.78, 5) is 0. The van der Waals surface area contributed by atoms with Crippen molar-refractivity contribution in [3.05, 3.63) is 36.0 Å². The number of rotatable bonds is 3. The van der Waals surface area contributed by atoms with E-state index in [0.717, 1.165) is 17.5 Å². The smallest absolute Gasteiger partial charge is 0.0762 e. The van der Waals surface area contributed by atoms with Crippen LogP contribution in [0.4, 0.5) is 0 Å². The van der Waals surface area contributed by atoms with Crippen molar-refractivity contribution in [1.82, 2.24) is 4.57 Å². The van der Waals surface area contributed by atoms with Gasteiger partial charge < -0.3 is 14.4 Å². The third kappa shape index (κ3) is 2.29. The lowest BCUT2D eigenvalue weighted by Gasteiger charge is -2.24. The van der Waals surface area contributed by atoms with E-state index in [1.165, 1.54) is 44.0 Å². The fourth-order valence-corrected chi connectivity index (χ4v) is 4.21. The van der Waals surface area contributed by atoms with Gasteiger partial charge in [-0.2, -0.15) is 0 Å². The summed E-state index contributed by atoms with van der Waals surface area (Å²) in [5, 5.41) is 10.6. The Labute approximate surface area is 125 Å². The maximum Gasteiger partial charge on any atom is 0.0762 e. The maximum absolute atomic E-state index is 9.43. The van der Waals surface area contributed by atoms with E-state index in [-0.39, 0.29) is 12.2 Å². The molecule has 2 aliphatic rings. The molecule has 1 saturated carbocycles. The first-order chi connectivity index (χ1) is 10.3. The summed E-state index contributed by atoms with van der Waals surface area (Å²) >= 11 is 0. The van der Waals surface area contributed by atoms with Crippen LogP contribution in [0, 0.1) is 0 Å². The Kier molecular flexibility index (Phi) is 3.27. The molecule has 112 valence electrons. The van der Waals surface area contributed by atoms with Gasteiger partial charge in [-0.15, -0.1) is 0 Å². The van der Waals surface area contributed by atoms with Gasteiger partial charge in [0.25, 0.3) is 0 Å². The van der Waals surface area contributed by atoms with Gasteiger partial charge in [0.05, 0.1) is 18.3 Å². The van der Waals surface area contributed by atoms with E-state index in [4.69, 9.17) is 4.74 Å². The van der Waals surface area contributed by atoms with Crippen molar-refractivity contribution in [2.24, 2.45) is 0 Å². The molecule has 0 amide bonds. The fourth-order valence-electron chi connectivity index (χ4n) is 4.21. The summed E-state index contributed by atoms with van der Waals surface area (Å²) in [6.45, 7) is 1.03. The number of fused-ring (bicyclic) bond motifs is 1. The molecule has 1 aromatic carbocycles. The predicted molar refractivity (Wildman–Crippen MR) is 83.2 cm³/mol. The number of benzene rings is 1. The van der Waals surface area contributed by atoms with Crippen LogP contribution in [0.5, 0.6) is 0 Å². The second kappa shape index (κ2) is 5.15. The lowest BCUT2D eigenvalue weighted by molar-refractivity contribution is -0.0414. The van der Waals surface area contributed by atoms with E-state index in [1.807, 2.05) is 12.1 Å². The molecular weight excluding hydrogens is 262 g/mol. The van der Waals surface area contributed by atoms with Crippen molar-refractivity contribution >= 4 is 10.9 Å². The van der Waals surface area contributed by atoms with Crippen LogP contribution in [0.15, 0.2) is 30.5 Å². The van der Waals surface area contributed by atoms with Gasteiger partial charge in [-0.3, -0.25) is 0 Å². The molecule has 21 heavy (non-hydrogen) atoms. The topological polar surface area (TPSA) is 34.4 Å². The summed E-state index contributed by atoms with van der Waals surface area (Å²) in [7, 11) is 0. The van der Waals surface area contributed by atoms with E-state index < -0.39 is 0 Å². The summed E-state index contributed by atoms with van der Waals surface area (Å²) in [5.74, 6) is 0. The molecule has 0 bridgehead atoms. The number of hydrogen-bond acceptors (Lipinski definition) is 2. The van der Waals surface area contributed by atoms with Gasteiger partial charge in [0.2, 0.25) is 0 Å². The number of hydrogen-bond donors (Lipinski definition) is 1. The lowest BCUT2D eigenvalue weighted by Crippen LogP contribution is -2.26. The molecule has 3 nitrogen and oxygen atoms in total. The minimum atomic E-state index is 0.102. The van der Waals surface area contributed by atoms with E-state index in [0.29, 0.717) is 6.10 Å². The van der Waals surface area contributed by atoms with Crippen molar-refractivity contribution in [2.45, 2.75) is 63.4 Å². The average molecular weight is 285 g/mol. The Bertz CT molecular complexity index is 640. The molecule has 4 rings (SSSR count). The monoisotopic (exact) mass is 285 g/mol. The molecule has 2 heterocycles. The van der Waals surface area contributed by atoms with Crippen LogP contribution >= 0.6 is 0 Å². The van der Waals surface area contributed by atoms with Crippen LogP contribution < -0.4 is 0 Å². The van der Waals surface area contributed by atoms with Crippen LogP contribution in [0.25, 0.3) is 10.9 Å². The Balaban J connectivity index is 1.55. The zero-order chi connectivity index (χ0) is 14.3. The SMILES string of the molecule is OCc1cccc2c1ccn2CC1CCC2(CCCC2)O1. The van der Waals surface area contributed by atoms with Crippen LogP contribution in [-0.2, 0) is 17.9 Å². The molecule has 2 fully saturated rings.